The highest BCUT2D eigenvalue weighted by Gasteiger charge is 2.07. The highest BCUT2D eigenvalue weighted by atomic mass is 35.5. The summed E-state index contributed by atoms with van der Waals surface area (Å²) < 4.78 is 0. The molecule has 0 atom stereocenters. The van der Waals surface area contributed by atoms with Gasteiger partial charge in [0.25, 0.3) is 0 Å². The van der Waals surface area contributed by atoms with Crippen LogP contribution in [0, 0.1) is 6.92 Å². The van der Waals surface area contributed by atoms with Crippen LogP contribution in [0.25, 0.3) is 0 Å². The van der Waals surface area contributed by atoms with Crippen LogP contribution < -0.4 is 16.0 Å². The highest BCUT2D eigenvalue weighted by molar-refractivity contribution is 6.33. The van der Waals surface area contributed by atoms with E-state index >= 15 is 0 Å². The molecule has 0 aromatic heterocycles. The third kappa shape index (κ3) is 2.93. The normalized spacial score (nSPS) is 10.3. The number of para-hydroxylation sites is 2. The average Bonchev–Trinajstić information content (AvgIpc) is 2.36. The number of halogens is 1. The molecule has 0 aliphatic carbocycles. The van der Waals surface area contributed by atoms with E-state index in [1.54, 1.807) is 0 Å². The van der Waals surface area contributed by atoms with Crippen molar-refractivity contribution in [3.63, 3.8) is 0 Å². The molecule has 0 fully saturated rings. The van der Waals surface area contributed by atoms with Gasteiger partial charge in [-0.1, -0.05) is 23.7 Å². The number of hydrogen-bond acceptors (Lipinski definition) is 3. The Morgan fingerprint density at radius 1 is 1.11 bits per heavy atom. The first kappa shape index (κ1) is 13.6. The number of anilines is 4. The number of aryl methyl sites for hydroxylation is 1. The van der Waals surface area contributed by atoms with E-state index < -0.39 is 0 Å². The summed E-state index contributed by atoms with van der Waals surface area (Å²) in [5.74, 6) is 0. The number of rotatable bonds is 3. The van der Waals surface area contributed by atoms with Gasteiger partial charge >= 0.3 is 0 Å². The van der Waals surface area contributed by atoms with Gasteiger partial charge < -0.3 is 16.0 Å². The molecule has 19 heavy (non-hydrogen) atoms. The lowest BCUT2D eigenvalue weighted by Gasteiger charge is -2.19. The molecular weight excluding hydrogens is 258 g/mol. The molecule has 2 aromatic carbocycles. The Balaban J connectivity index is 2.39. The molecule has 0 saturated heterocycles. The molecule has 0 spiro atoms. The predicted octanol–water partition coefficient (Wildman–Crippen LogP) is 4.04. The van der Waals surface area contributed by atoms with Crippen molar-refractivity contribution in [2.75, 3.05) is 30.0 Å². The second-order valence-corrected chi connectivity index (χ2v) is 5.13. The van der Waals surface area contributed by atoms with E-state index in [1.165, 1.54) is 0 Å². The van der Waals surface area contributed by atoms with Crippen molar-refractivity contribution in [3.05, 3.63) is 47.0 Å². The summed E-state index contributed by atoms with van der Waals surface area (Å²) in [5.41, 5.74) is 10.6. The maximum atomic E-state index is 6.08. The minimum Gasteiger partial charge on any atom is -0.398 e. The third-order valence-corrected chi connectivity index (χ3v) is 3.33. The van der Waals surface area contributed by atoms with Crippen molar-refractivity contribution in [2.45, 2.75) is 6.92 Å². The summed E-state index contributed by atoms with van der Waals surface area (Å²) in [7, 11) is 4.03. The Morgan fingerprint density at radius 3 is 2.47 bits per heavy atom. The summed E-state index contributed by atoms with van der Waals surface area (Å²) in [6.07, 6.45) is 0. The monoisotopic (exact) mass is 275 g/mol. The van der Waals surface area contributed by atoms with Crippen LogP contribution in [0.2, 0.25) is 5.02 Å². The zero-order chi connectivity index (χ0) is 14.0. The molecular formula is C15H18ClN3. The number of nitrogens with one attached hydrogen (secondary N) is 1. The van der Waals surface area contributed by atoms with E-state index in [2.05, 4.69) is 16.3 Å². The maximum Gasteiger partial charge on any atom is 0.0656 e. The number of nitrogens with zero attached hydrogens (tertiary/aromatic N) is 1. The van der Waals surface area contributed by atoms with Crippen molar-refractivity contribution in [3.8, 4) is 0 Å². The van der Waals surface area contributed by atoms with Gasteiger partial charge in [0.1, 0.15) is 0 Å². The van der Waals surface area contributed by atoms with E-state index in [1.807, 2.05) is 51.4 Å². The van der Waals surface area contributed by atoms with Gasteiger partial charge in [-0.2, -0.15) is 0 Å². The van der Waals surface area contributed by atoms with Gasteiger partial charge in [0.15, 0.2) is 0 Å². The van der Waals surface area contributed by atoms with Gasteiger partial charge in [-0.3, -0.25) is 0 Å². The summed E-state index contributed by atoms with van der Waals surface area (Å²) in [6, 6.07) is 11.9. The second-order valence-electron chi connectivity index (χ2n) is 4.73. The van der Waals surface area contributed by atoms with Crippen molar-refractivity contribution < 1.29 is 0 Å². The van der Waals surface area contributed by atoms with Crippen LogP contribution in [0.15, 0.2) is 36.4 Å². The summed E-state index contributed by atoms with van der Waals surface area (Å²) in [5, 5.41) is 3.97. The lowest BCUT2D eigenvalue weighted by atomic mass is 10.1. The van der Waals surface area contributed by atoms with E-state index in [0.29, 0.717) is 10.7 Å². The van der Waals surface area contributed by atoms with Gasteiger partial charge in [0.2, 0.25) is 0 Å². The Bertz CT molecular complexity index is 594. The van der Waals surface area contributed by atoms with Crippen LogP contribution in [0.1, 0.15) is 5.56 Å². The molecule has 0 amide bonds. The first-order chi connectivity index (χ1) is 8.99. The zero-order valence-electron chi connectivity index (χ0n) is 11.4. The molecule has 0 radical (unpaired) electrons. The molecule has 0 aliphatic rings. The molecule has 0 bridgehead atoms. The average molecular weight is 276 g/mol. The molecule has 3 nitrogen and oxygen atoms in total. The predicted molar refractivity (Wildman–Crippen MR) is 84.7 cm³/mol. The highest BCUT2D eigenvalue weighted by Crippen LogP contribution is 2.32. The van der Waals surface area contributed by atoms with Crippen LogP contribution in [-0.4, -0.2) is 14.1 Å². The van der Waals surface area contributed by atoms with Crippen molar-refractivity contribution in [1.82, 2.24) is 0 Å². The smallest absolute Gasteiger partial charge is 0.0656 e. The largest absolute Gasteiger partial charge is 0.398 e. The molecule has 4 heteroatoms. The fraction of sp³-hybridized carbons (Fsp3) is 0.200. The fourth-order valence-electron chi connectivity index (χ4n) is 1.95. The Morgan fingerprint density at radius 2 is 1.79 bits per heavy atom. The SMILES string of the molecule is Cc1cc(N)c(Cl)cc1Nc1ccccc1N(C)C. The molecule has 3 N–H and O–H groups in total. The standard InChI is InChI=1S/C15H18ClN3/c1-10-8-12(17)11(16)9-14(10)18-13-6-4-5-7-15(13)19(2)3/h4-9,18H,17H2,1-3H3. The quantitative estimate of drug-likeness (QED) is 0.831. The molecule has 100 valence electrons. The van der Waals surface area contributed by atoms with E-state index in [0.717, 1.165) is 22.6 Å². The van der Waals surface area contributed by atoms with Crippen molar-refractivity contribution >= 4 is 34.4 Å². The minimum atomic E-state index is 0.565. The Labute approximate surface area is 119 Å². The number of nitrogen functional groups attached to an aromatic ring is 1. The van der Waals surface area contributed by atoms with Gasteiger partial charge in [-0.15, -0.1) is 0 Å². The van der Waals surface area contributed by atoms with Crippen molar-refractivity contribution in [1.29, 1.82) is 0 Å². The molecule has 2 aromatic rings. The van der Waals surface area contributed by atoms with Gasteiger partial charge in [-0.25, -0.2) is 0 Å². The van der Waals surface area contributed by atoms with Gasteiger partial charge in [0, 0.05) is 19.8 Å². The van der Waals surface area contributed by atoms with E-state index in [-0.39, 0.29) is 0 Å². The first-order valence-electron chi connectivity index (χ1n) is 6.08. The Kier molecular flexibility index (Phi) is 3.86. The van der Waals surface area contributed by atoms with Crippen LogP contribution in [-0.2, 0) is 0 Å². The van der Waals surface area contributed by atoms with E-state index in [9.17, 15) is 0 Å². The fourth-order valence-corrected chi connectivity index (χ4v) is 2.12. The van der Waals surface area contributed by atoms with Crippen LogP contribution >= 0.6 is 11.6 Å². The number of hydrogen-bond donors (Lipinski definition) is 2. The molecule has 0 heterocycles. The van der Waals surface area contributed by atoms with Crippen LogP contribution in [0.5, 0.6) is 0 Å². The van der Waals surface area contributed by atoms with Gasteiger partial charge in [-0.05, 0) is 36.8 Å². The maximum absolute atomic E-state index is 6.08. The summed E-state index contributed by atoms with van der Waals surface area (Å²) >= 11 is 6.08. The molecule has 0 saturated carbocycles. The summed E-state index contributed by atoms with van der Waals surface area (Å²) in [4.78, 5) is 2.07. The third-order valence-electron chi connectivity index (χ3n) is 3.00. The van der Waals surface area contributed by atoms with E-state index in [4.69, 9.17) is 17.3 Å². The second kappa shape index (κ2) is 5.41. The topological polar surface area (TPSA) is 41.3 Å². The summed E-state index contributed by atoms with van der Waals surface area (Å²) in [6.45, 7) is 2.01. The molecule has 2 rings (SSSR count). The van der Waals surface area contributed by atoms with Crippen molar-refractivity contribution in [2.24, 2.45) is 0 Å². The minimum absolute atomic E-state index is 0.565. The Hall–Kier alpha value is -1.87. The number of nitrogens with two attached hydrogens (primary N) is 1. The van der Waals surface area contributed by atoms with Gasteiger partial charge in [0.05, 0.1) is 22.1 Å². The molecule has 0 unspecified atom stereocenters. The van der Waals surface area contributed by atoms with Crippen LogP contribution in [0.3, 0.4) is 0 Å². The lowest BCUT2D eigenvalue weighted by molar-refractivity contribution is 1.13. The molecule has 0 aliphatic heterocycles. The lowest BCUT2D eigenvalue weighted by Crippen LogP contribution is -2.11. The zero-order valence-corrected chi connectivity index (χ0v) is 12.1. The van der Waals surface area contributed by atoms with Crippen LogP contribution in [0.4, 0.5) is 22.7 Å². The first-order valence-corrected chi connectivity index (χ1v) is 6.46. The number of benzene rings is 2.